The molecule has 1 aromatic rings. The van der Waals surface area contributed by atoms with Gasteiger partial charge in [0.15, 0.2) is 0 Å². The second-order valence-corrected chi connectivity index (χ2v) is 5.38. The molecular formula is C15H24N2O. The highest BCUT2D eigenvalue weighted by atomic mass is 16.5. The summed E-state index contributed by atoms with van der Waals surface area (Å²) in [5.74, 6) is 6.27. The molecule has 0 aliphatic carbocycles. The van der Waals surface area contributed by atoms with Gasteiger partial charge in [-0.15, -0.1) is 0 Å². The highest BCUT2D eigenvalue weighted by molar-refractivity contribution is 5.34. The summed E-state index contributed by atoms with van der Waals surface area (Å²) in [5.41, 5.74) is 7.11. The zero-order valence-corrected chi connectivity index (χ0v) is 11.6. The molecular weight excluding hydrogens is 224 g/mol. The number of ether oxygens (including phenoxy) is 1. The Morgan fingerprint density at radius 1 is 1.39 bits per heavy atom. The van der Waals surface area contributed by atoms with E-state index in [1.807, 2.05) is 0 Å². The van der Waals surface area contributed by atoms with Gasteiger partial charge in [-0.05, 0) is 50.3 Å². The van der Waals surface area contributed by atoms with E-state index in [-0.39, 0.29) is 0 Å². The van der Waals surface area contributed by atoms with Crippen LogP contribution >= 0.6 is 0 Å². The monoisotopic (exact) mass is 248 g/mol. The molecule has 3 N–H and O–H groups in total. The first kappa shape index (κ1) is 13.5. The molecule has 0 amide bonds. The summed E-state index contributed by atoms with van der Waals surface area (Å²) in [4.78, 5) is 0. The van der Waals surface area contributed by atoms with Gasteiger partial charge in [0.25, 0.3) is 0 Å². The van der Waals surface area contributed by atoms with E-state index in [4.69, 9.17) is 10.6 Å². The van der Waals surface area contributed by atoms with Crippen LogP contribution in [0.25, 0.3) is 0 Å². The Bertz CT molecular complexity index is 385. The fourth-order valence-electron chi connectivity index (χ4n) is 3.00. The molecule has 1 heterocycles. The van der Waals surface area contributed by atoms with Gasteiger partial charge in [-0.25, -0.2) is 0 Å². The molecule has 1 fully saturated rings. The lowest BCUT2D eigenvalue weighted by atomic mass is 9.87. The first-order chi connectivity index (χ1) is 8.63. The van der Waals surface area contributed by atoms with Crippen molar-refractivity contribution in [1.82, 2.24) is 5.43 Å². The SMILES string of the molecule is Cc1cccc(C)c1CC(NN)C1CCOC1C. The fourth-order valence-corrected chi connectivity index (χ4v) is 3.00. The first-order valence-corrected chi connectivity index (χ1v) is 6.76. The van der Waals surface area contributed by atoms with E-state index in [9.17, 15) is 0 Å². The van der Waals surface area contributed by atoms with Crippen molar-refractivity contribution in [2.75, 3.05) is 6.61 Å². The van der Waals surface area contributed by atoms with Gasteiger partial charge in [-0.3, -0.25) is 11.3 Å². The van der Waals surface area contributed by atoms with Gasteiger partial charge < -0.3 is 4.74 Å². The van der Waals surface area contributed by atoms with Crippen molar-refractivity contribution in [2.45, 2.75) is 45.8 Å². The van der Waals surface area contributed by atoms with Crippen LogP contribution in [0.15, 0.2) is 18.2 Å². The van der Waals surface area contributed by atoms with Crippen molar-refractivity contribution in [1.29, 1.82) is 0 Å². The predicted octanol–water partition coefficient (Wildman–Crippen LogP) is 2.10. The molecule has 1 aliphatic rings. The van der Waals surface area contributed by atoms with Crippen LogP contribution in [0, 0.1) is 19.8 Å². The maximum Gasteiger partial charge on any atom is 0.0591 e. The number of hydrogen-bond donors (Lipinski definition) is 2. The highest BCUT2D eigenvalue weighted by Crippen LogP contribution is 2.27. The van der Waals surface area contributed by atoms with Crippen molar-refractivity contribution < 1.29 is 4.74 Å². The Balaban J connectivity index is 2.15. The summed E-state index contributed by atoms with van der Waals surface area (Å²) in [6.07, 6.45) is 2.38. The van der Waals surface area contributed by atoms with Crippen LogP contribution < -0.4 is 11.3 Å². The van der Waals surface area contributed by atoms with E-state index in [0.29, 0.717) is 18.1 Å². The summed E-state index contributed by atoms with van der Waals surface area (Å²) in [6, 6.07) is 6.75. The largest absolute Gasteiger partial charge is 0.378 e. The van der Waals surface area contributed by atoms with Crippen molar-refractivity contribution in [2.24, 2.45) is 11.8 Å². The zero-order valence-electron chi connectivity index (χ0n) is 11.6. The van der Waals surface area contributed by atoms with Crippen LogP contribution in [0.5, 0.6) is 0 Å². The molecule has 1 saturated heterocycles. The molecule has 0 aromatic heterocycles. The minimum atomic E-state index is 0.294. The number of rotatable bonds is 4. The Kier molecular flexibility index (Phi) is 4.38. The molecule has 2 rings (SSSR count). The van der Waals surface area contributed by atoms with Crippen LogP contribution in [-0.2, 0) is 11.2 Å². The average Bonchev–Trinajstić information content (AvgIpc) is 2.76. The second kappa shape index (κ2) is 5.83. The van der Waals surface area contributed by atoms with Gasteiger partial charge >= 0.3 is 0 Å². The Labute approximate surface area is 110 Å². The number of hydrogen-bond acceptors (Lipinski definition) is 3. The van der Waals surface area contributed by atoms with E-state index in [2.05, 4.69) is 44.4 Å². The first-order valence-electron chi connectivity index (χ1n) is 6.76. The minimum absolute atomic E-state index is 0.294. The predicted molar refractivity (Wildman–Crippen MR) is 74.3 cm³/mol. The number of nitrogens with one attached hydrogen (secondary N) is 1. The van der Waals surface area contributed by atoms with Gasteiger partial charge in [0.05, 0.1) is 6.10 Å². The topological polar surface area (TPSA) is 47.3 Å². The van der Waals surface area contributed by atoms with E-state index in [0.717, 1.165) is 19.4 Å². The number of benzene rings is 1. The molecule has 100 valence electrons. The molecule has 18 heavy (non-hydrogen) atoms. The summed E-state index contributed by atoms with van der Waals surface area (Å²) in [5, 5.41) is 0. The average molecular weight is 248 g/mol. The molecule has 3 heteroatoms. The summed E-state index contributed by atoms with van der Waals surface area (Å²) < 4.78 is 5.65. The third kappa shape index (κ3) is 2.74. The quantitative estimate of drug-likeness (QED) is 0.633. The van der Waals surface area contributed by atoms with E-state index in [1.54, 1.807) is 0 Å². The summed E-state index contributed by atoms with van der Waals surface area (Å²) >= 11 is 0. The highest BCUT2D eigenvalue weighted by Gasteiger charge is 2.31. The molecule has 3 unspecified atom stereocenters. The number of hydrazine groups is 1. The lowest BCUT2D eigenvalue weighted by Crippen LogP contribution is -2.44. The van der Waals surface area contributed by atoms with Crippen LogP contribution in [0.4, 0.5) is 0 Å². The van der Waals surface area contributed by atoms with Gasteiger partial charge in [-0.2, -0.15) is 0 Å². The van der Waals surface area contributed by atoms with Gasteiger partial charge in [0.1, 0.15) is 0 Å². The second-order valence-electron chi connectivity index (χ2n) is 5.38. The number of aryl methyl sites for hydroxylation is 2. The standard InChI is InChI=1S/C15H24N2O/c1-10-5-4-6-11(2)14(10)9-15(17-16)13-7-8-18-12(13)3/h4-6,12-13,15,17H,7-9,16H2,1-3H3. The summed E-state index contributed by atoms with van der Waals surface area (Å²) in [6.45, 7) is 7.35. The van der Waals surface area contributed by atoms with Gasteiger partial charge in [-0.1, -0.05) is 18.2 Å². The maximum absolute atomic E-state index is 5.76. The normalized spacial score (nSPS) is 25.3. The van der Waals surface area contributed by atoms with E-state index >= 15 is 0 Å². The molecule has 0 radical (unpaired) electrons. The smallest absolute Gasteiger partial charge is 0.0591 e. The minimum Gasteiger partial charge on any atom is -0.378 e. The zero-order chi connectivity index (χ0) is 13.1. The lowest BCUT2D eigenvalue weighted by Gasteiger charge is -2.26. The van der Waals surface area contributed by atoms with E-state index in [1.165, 1.54) is 16.7 Å². The van der Waals surface area contributed by atoms with Crippen LogP contribution in [0.2, 0.25) is 0 Å². The van der Waals surface area contributed by atoms with Gasteiger partial charge in [0, 0.05) is 18.6 Å². The van der Waals surface area contributed by atoms with Crippen LogP contribution in [-0.4, -0.2) is 18.8 Å². The Morgan fingerprint density at radius 3 is 2.56 bits per heavy atom. The molecule has 0 spiro atoms. The number of nitrogens with two attached hydrogens (primary N) is 1. The molecule has 3 nitrogen and oxygen atoms in total. The molecule has 0 bridgehead atoms. The van der Waals surface area contributed by atoms with Crippen molar-refractivity contribution >= 4 is 0 Å². The third-order valence-corrected chi connectivity index (χ3v) is 4.23. The fraction of sp³-hybridized carbons (Fsp3) is 0.600. The lowest BCUT2D eigenvalue weighted by molar-refractivity contribution is 0.0953. The van der Waals surface area contributed by atoms with Gasteiger partial charge in [0.2, 0.25) is 0 Å². The molecule has 1 aromatic carbocycles. The Morgan fingerprint density at radius 2 is 2.06 bits per heavy atom. The molecule has 0 saturated carbocycles. The molecule has 1 aliphatic heterocycles. The van der Waals surface area contributed by atoms with Crippen molar-refractivity contribution in [3.63, 3.8) is 0 Å². The maximum atomic E-state index is 5.76. The molecule has 3 atom stereocenters. The van der Waals surface area contributed by atoms with Crippen molar-refractivity contribution in [3.05, 3.63) is 34.9 Å². The van der Waals surface area contributed by atoms with Crippen molar-refractivity contribution in [3.8, 4) is 0 Å². The van der Waals surface area contributed by atoms with E-state index < -0.39 is 0 Å². The van der Waals surface area contributed by atoms with Crippen LogP contribution in [0.3, 0.4) is 0 Å². The Hall–Kier alpha value is -0.900. The summed E-state index contributed by atoms with van der Waals surface area (Å²) in [7, 11) is 0. The van der Waals surface area contributed by atoms with Crippen LogP contribution in [0.1, 0.15) is 30.0 Å². The third-order valence-electron chi connectivity index (χ3n) is 4.23.